The number of aliphatic hydroxyl groups is 2. The zero-order valence-corrected chi connectivity index (χ0v) is 18.6. The molecule has 0 unspecified atom stereocenters. The van der Waals surface area contributed by atoms with Gasteiger partial charge in [-0.25, -0.2) is 0 Å². The Hall–Kier alpha value is 0.00338. The SMILES string of the molecule is CCCN(CCC)C(O)=S.CCCN(CCC)C(O)=S.[Zn]. The van der Waals surface area contributed by atoms with Crippen LogP contribution in [0.3, 0.4) is 0 Å². The Morgan fingerprint density at radius 1 is 0.667 bits per heavy atom. The Morgan fingerprint density at radius 2 is 0.857 bits per heavy atom. The fourth-order valence-electron chi connectivity index (χ4n) is 1.69. The minimum atomic E-state index is 0. The Bertz CT molecular complexity index is 231. The van der Waals surface area contributed by atoms with Crippen LogP contribution in [-0.4, -0.2) is 56.5 Å². The summed E-state index contributed by atoms with van der Waals surface area (Å²) in [7, 11) is 0. The molecule has 0 aromatic rings. The standard InChI is InChI=1S/2C7H15NOS.Zn/c2*1-3-5-8(6-4-2)7(9)10;/h2*3-6H2,1-2H3,(H,9,10);. The summed E-state index contributed by atoms with van der Waals surface area (Å²) in [6.07, 6.45) is 4.11. The first-order valence-corrected chi connectivity index (χ1v) is 8.21. The fraction of sp³-hybridized carbons (Fsp3) is 0.857. The van der Waals surface area contributed by atoms with Crippen LogP contribution in [0, 0.1) is 0 Å². The largest absolute Gasteiger partial charge is 0.487 e. The van der Waals surface area contributed by atoms with Gasteiger partial charge in [0.25, 0.3) is 10.3 Å². The fourth-order valence-corrected chi connectivity index (χ4v) is 2.05. The second kappa shape index (κ2) is 18.1. The second-order valence-corrected chi connectivity index (χ2v) is 5.27. The number of nitrogens with zero attached hydrogens (tertiary/aromatic N) is 2. The van der Waals surface area contributed by atoms with Crippen LogP contribution in [0.2, 0.25) is 0 Å². The van der Waals surface area contributed by atoms with Crippen LogP contribution in [-0.2, 0) is 19.5 Å². The summed E-state index contributed by atoms with van der Waals surface area (Å²) in [5.74, 6) is 0. The Labute approximate surface area is 153 Å². The third-order valence-corrected chi connectivity index (χ3v) is 3.03. The molecule has 0 aromatic carbocycles. The van der Waals surface area contributed by atoms with Gasteiger partial charge in [0.2, 0.25) is 0 Å². The summed E-state index contributed by atoms with van der Waals surface area (Å²) >= 11 is 9.26. The quantitative estimate of drug-likeness (QED) is 0.486. The van der Waals surface area contributed by atoms with Crippen molar-refractivity contribution < 1.29 is 29.7 Å². The molecule has 0 spiro atoms. The van der Waals surface area contributed by atoms with Crippen molar-refractivity contribution in [2.24, 2.45) is 0 Å². The van der Waals surface area contributed by atoms with Gasteiger partial charge in [-0.3, -0.25) is 0 Å². The van der Waals surface area contributed by atoms with E-state index >= 15 is 0 Å². The number of rotatable bonds is 8. The van der Waals surface area contributed by atoms with E-state index in [0.29, 0.717) is 0 Å². The number of hydrogen-bond acceptors (Lipinski definition) is 2. The van der Waals surface area contributed by atoms with E-state index in [1.807, 2.05) is 9.80 Å². The Morgan fingerprint density at radius 3 is 0.952 bits per heavy atom. The normalized spacial score (nSPS) is 8.95. The summed E-state index contributed by atoms with van der Waals surface area (Å²) in [6, 6.07) is 0. The van der Waals surface area contributed by atoms with E-state index in [9.17, 15) is 0 Å². The summed E-state index contributed by atoms with van der Waals surface area (Å²) in [6.45, 7) is 11.7. The Balaban J connectivity index is -0.000000295. The molecule has 0 bridgehead atoms. The van der Waals surface area contributed by atoms with E-state index in [-0.39, 0.29) is 29.8 Å². The van der Waals surface area contributed by atoms with E-state index < -0.39 is 0 Å². The molecule has 7 heteroatoms. The molecule has 0 aliphatic heterocycles. The maximum Gasteiger partial charge on any atom is 0.256 e. The van der Waals surface area contributed by atoms with Crippen molar-refractivity contribution in [3.8, 4) is 0 Å². The smallest absolute Gasteiger partial charge is 0.256 e. The minimum Gasteiger partial charge on any atom is -0.487 e. The molecule has 0 saturated carbocycles. The van der Waals surface area contributed by atoms with Gasteiger partial charge in [0.15, 0.2) is 0 Å². The molecule has 0 aliphatic rings. The van der Waals surface area contributed by atoms with E-state index in [4.69, 9.17) is 10.2 Å². The van der Waals surface area contributed by atoms with Gasteiger partial charge >= 0.3 is 0 Å². The van der Waals surface area contributed by atoms with Crippen LogP contribution < -0.4 is 0 Å². The van der Waals surface area contributed by atoms with Crippen LogP contribution in [0.25, 0.3) is 0 Å². The summed E-state index contributed by atoms with van der Waals surface area (Å²) in [5, 5.41) is 17.9. The van der Waals surface area contributed by atoms with Gasteiger partial charge in [-0.15, -0.1) is 0 Å². The molecule has 0 aromatic heterocycles. The van der Waals surface area contributed by atoms with Gasteiger partial charge in [-0.05, 0) is 50.1 Å². The molecule has 0 radical (unpaired) electrons. The molecule has 0 rings (SSSR count). The maximum atomic E-state index is 8.93. The number of thiocarbonyl (C=S) groups is 2. The first kappa shape index (κ1) is 25.9. The van der Waals surface area contributed by atoms with Crippen molar-refractivity contribution in [1.29, 1.82) is 0 Å². The molecule has 0 heterocycles. The molecule has 21 heavy (non-hydrogen) atoms. The zero-order valence-electron chi connectivity index (χ0n) is 14.0. The number of hydrogen-bond donors (Lipinski definition) is 2. The minimum absolute atomic E-state index is 0. The van der Waals surface area contributed by atoms with Crippen molar-refractivity contribution in [3.05, 3.63) is 0 Å². The van der Waals surface area contributed by atoms with Gasteiger partial charge in [-0.2, -0.15) is 0 Å². The predicted octanol–water partition coefficient (Wildman–Crippen LogP) is 3.90. The number of aliphatic hydroxyl groups excluding tert-OH is 2. The third-order valence-electron chi connectivity index (χ3n) is 2.52. The van der Waals surface area contributed by atoms with Gasteiger partial charge in [0.05, 0.1) is 0 Å². The van der Waals surface area contributed by atoms with Gasteiger partial charge < -0.3 is 20.0 Å². The maximum absolute atomic E-state index is 8.93. The first-order chi connectivity index (χ1) is 9.44. The molecule has 0 atom stereocenters. The molecule has 4 nitrogen and oxygen atoms in total. The average molecular weight is 388 g/mol. The van der Waals surface area contributed by atoms with Gasteiger partial charge in [0.1, 0.15) is 0 Å². The molecular weight excluding hydrogens is 358 g/mol. The zero-order chi connectivity index (χ0) is 16.0. The van der Waals surface area contributed by atoms with E-state index in [2.05, 4.69) is 52.1 Å². The van der Waals surface area contributed by atoms with Crippen molar-refractivity contribution in [3.63, 3.8) is 0 Å². The molecule has 0 fully saturated rings. The first-order valence-electron chi connectivity index (χ1n) is 7.40. The average Bonchev–Trinajstić information content (AvgIpc) is 2.38. The molecular formula is C14H30N2O2S2Zn. The van der Waals surface area contributed by atoms with Crippen LogP contribution in [0.1, 0.15) is 53.4 Å². The van der Waals surface area contributed by atoms with Crippen LogP contribution in [0.5, 0.6) is 0 Å². The van der Waals surface area contributed by atoms with Crippen molar-refractivity contribution in [2.75, 3.05) is 26.2 Å². The summed E-state index contributed by atoms with van der Waals surface area (Å²) in [5.41, 5.74) is 0. The van der Waals surface area contributed by atoms with E-state index in [1.54, 1.807) is 0 Å². The summed E-state index contributed by atoms with van der Waals surface area (Å²) < 4.78 is 0. The van der Waals surface area contributed by atoms with Crippen LogP contribution in [0.15, 0.2) is 0 Å². The van der Waals surface area contributed by atoms with Crippen molar-refractivity contribution in [2.45, 2.75) is 53.4 Å². The molecule has 2 N–H and O–H groups in total. The topological polar surface area (TPSA) is 46.9 Å². The van der Waals surface area contributed by atoms with Crippen LogP contribution >= 0.6 is 24.4 Å². The van der Waals surface area contributed by atoms with Crippen molar-refractivity contribution in [1.82, 2.24) is 9.80 Å². The summed E-state index contributed by atoms with van der Waals surface area (Å²) in [4.78, 5) is 3.63. The van der Waals surface area contributed by atoms with Gasteiger partial charge in [0, 0.05) is 45.7 Å². The molecule has 122 valence electrons. The monoisotopic (exact) mass is 386 g/mol. The second-order valence-electron chi connectivity index (χ2n) is 4.54. The molecule has 0 aliphatic carbocycles. The van der Waals surface area contributed by atoms with Crippen molar-refractivity contribution >= 4 is 34.8 Å². The van der Waals surface area contributed by atoms with E-state index in [0.717, 1.165) is 51.9 Å². The predicted molar refractivity (Wildman–Crippen MR) is 94.8 cm³/mol. The van der Waals surface area contributed by atoms with E-state index in [1.165, 1.54) is 0 Å². The molecule has 0 saturated heterocycles. The van der Waals surface area contributed by atoms with Gasteiger partial charge in [-0.1, -0.05) is 27.7 Å². The third kappa shape index (κ3) is 16.2. The molecule has 0 amide bonds. The Kier molecular flexibility index (Phi) is 22.3. The van der Waals surface area contributed by atoms with Crippen LogP contribution in [0.4, 0.5) is 0 Å².